The number of hydrogen-bond acceptors (Lipinski definition) is 6. The minimum absolute atomic E-state index is 0.0773. The van der Waals surface area contributed by atoms with Gasteiger partial charge in [-0.1, -0.05) is 13.8 Å². The second-order valence-electron chi connectivity index (χ2n) is 6.86. The molecule has 4 aromatic rings. The quantitative estimate of drug-likeness (QED) is 0.361. The molecule has 4 rings (SSSR count). The highest BCUT2D eigenvalue weighted by atomic mass is 35.5. The summed E-state index contributed by atoms with van der Waals surface area (Å²) in [5.74, 6) is 1.36. The van der Waals surface area contributed by atoms with Gasteiger partial charge in [-0.3, -0.25) is 14.3 Å². The molecule has 1 aromatic carbocycles. The number of nitrogens with one attached hydrogen (secondary N) is 3. The lowest BCUT2D eigenvalue weighted by molar-refractivity contribution is -0.113. The van der Waals surface area contributed by atoms with E-state index in [0.717, 1.165) is 16.2 Å². The van der Waals surface area contributed by atoms with Gasteiger partial charge in [0.1, 0.15) is 11.5 Å². The lowest BCUT2D eigenvalue weighted by Gasteiger charge is -2.09. The number of aromatic amines is 1. The summed E-state index contributed by atoms with van der Waals surface area (Å²) in [4.78, 5) is 21.6. The van der Waals surface area contributed by atoms with Gasteiger partial charge in [0.25, 0.3) is 0 Å². The Balaban J connectivity index is 1.56. The number of benzene rings is 1. The van der Waals surface area contributed by atoms with E-state index >= 15 is 0 Å². The van der Waals surface area contributed by atoms with E-state index in [1.54, 1.807) is 0 Å². The number of fused-ring (bicyclic) bond motifs is 1. The lowest BCUT2D eigenvalue weighted by Crippen LogP contribution is -2.12. The number of hydrogen-bond donors (Lipinski definition) is 3. The van der Waals surface area contributed by atoms with Crippen LogP contribution in [0.5, 0.6) is 0 Å². The Labute approximate surface area is 182 Å². The molecule has 3 N–H and O–H groups in total. The van der Waals surface area contributed by atoms with Gasteiger partial charge in [-0.15, -0.1) is 11.6 Å². The van der Waals surface area contributed by atoms with Crippen LogP contribution in [0.15, 0.2) is 58.7 Å². The first kappa shape index (κ1) is 20.2. The normalized spacial score (nSPS) is 11.2. The van der Waals surface area contributed by atoms with Crippen LogP contribution in [0.1, 0.15) is 25.5 Å². The van der Waals surface area contributed by atoms with Crippen molar-refractivity contribution in [3.8, 4) is 0 Å². The molecular weight excluding hydrogens is 422 g/mol. The molecule has 0 aliphatic carbocycles. The van der Waals surface area contributed by atoms with Gasteiger partial charge in [-0.05, 0) is 54.1 Å². The summed E-state index contributed by atoms with van der Waals surface area (Å²) >= 11 is 6.95. The number of rotatable bonds is 7. The lowest BCUT2D eigenvalue weighted by atomic mass is 10.1. The maximum Gasteiger partial charge on any atom is 0.239 e. The zero-order chi connectivity index (χ0) is 21.1. The van der Waals surface area contributed by atoms with E-state index in [4.69, 9.17) is 11.6 Å². The third kappa shape index (κ3) is 4.58. The van der Waals surface area contributed by atoms with Crippen molar-refractivity contribution in [2.24, 2.45) is 0 Å². The Morgan fingerprint density at radius 1 is 1.23 bits per heavy atom. The van der Waals surface area contributed by atoms with Gasteiger partial charge >= 0.3 is 0 Å². The minimum Gasteiger partial charge on any atom is -0.325 e. The number of nitrogens with zero attached hydrogens (tertiary/aromatic N) is 4. The van der Waals surface area contributed by atoms with E-state index in [1.807, 2.05) is 53.1 Å². The molecule has 0 bridgehead atoms. The molecule has 0 saturated heterocycles. The zero-order valence-corrected chi connectivity index (χ0v) is 18.0. The van der Waals surface area contributed by atoms with E-state index in [9.17, 15) is 4.79 Å². The van der Waals surface area contributed by atoms with Crippen molar-refractivity contribution < 1.29 is 4.79 Å². The third-order valence-corrected chi connectivity index (χ3v) is 5.41. The highest BCUT2D eigenvalue weighted by molar-refractivity contribution is 7.99. The SMILES string of the molecule is CC(C)c1cc(Nc2nc(Sc3ccc(NC(=O)CCl)cc3)nc3cccn23)n[nH]1. The molecule has 0 saturated carbocycles. The molecule has 154 valence electrons. The smallest absolute Gasteiger partial charge is 0.239 e. The fourth-order valence-corrected chi connectivity index (χ4v) is 3.58. The van der Waals surface area contributed by atoms with Gasteiger partial charge in [0.2, 0.25) is 11.9 Å². The highest BCUT2D eigenvalue weighted by Crippen LogP contribution is 2.28. The number of carbonyl (C=O) groups is 1. The van der Waals surface area contributed by atoms with Gasteiger partial charge in [0.15, 0.2) is 11.0 Å². The van der Waals surface area contributed by atoms with Crippen LogP contribution in [0, 0.1) is 0 Å². The largest absolute Gasteiger partial charge is 0.325 e. The van der Waals surface area contributed by atoms with Gasteiger partial charge in [0, 0.05) is 28.5 Å². The second-order valence-corrected chi connectivity index (χ2v) is 8.17. The van der Waals surface area contributed by atoms with Crippen molar-refractivity contribution in [1.29, 1.82) is 0 Å². The van der Waals surface area contributed by atoms with Crippen molar-refractivity contribution in [2.75, 3.05) is 16.5 Å². The van der Waals surface area contributed by atoms with Crippen molar-refractivity contribution in [3.05, 3.63) is 54.4 Å². The summed E-state index contributed by atoms with van der Waals surface area (Å²) in [5, 5.41) is 13.9. The number of alkyl halides is 1. The van der Waals surface area contributed by atoms with Crippen molar-refractivity contribution in [2.45, 2.75) is 29.8 Å². The maximum atomic E-state index is 11.4. The van der Waals surface area contributed by atoms with Crippen LogP contribution in [-0.4, -0.2) is 36.4 Å². The van der Waals surface area contributed by atoms with Gasteiger partial charge in [-0.2, -0.15) is 10.1 Å². The van der Waals surface area contributed by atoms with Crippen LogP contribution < -0.4 is 10.6 Å². The van der Waals surface area contributed by atoms with Crippen LogP contribution in [0.2, 0.25) is 0 Å². The van der Waals surface area contributed by atoms with E-state index in [1.165, 1.54) is 11.8 Å². The maximum absolute atomic E-state index is 11.4. The second kappa shape index (κ2) is 8.76. The summed E-state index contributed by atoms with van der Waals surface area (Å²) in [6.07, 6.45) is 1.90. The van der Waals surface area contributed by atoms with Crippen LogP contribution in [-0.2, 0) is 4.79 Å². The first-order valence-corrected chi connectivity index (χ1v) is 10.7. The number of anilines is 3. The van der Waals surface area contributed by atoms with Crippen LogP contribution >= 0.6 is 23.4 Å². The van der Waals surface area contributed by atoms with E-state index < -0.39 is 0 Å². The molecule has 30 heavy (non-hydrogen) atoms. The first-order chi connectivity index (χ1) is 14.5. The first-order valence-electron chi connectivity index (χ1n) is 9.33. The number of amides is 1. The van der Waals surface area contributed by atoms with Crippen LogP contribution in [0.25, 0.3) is 5.65 Å². The topological polar surface area (TPSA) is 100 Å². The van der Waals surface area contributed by atoms with Crippen molar-refractivity contribution in [3.63, 3.8) is 0 Å². The average molecular weight is 442 g/mol. The Kier molecular flexibility index (Phi) is 5.91. The van der Waals surface area contributed by atoms with Gasteiger partial charge in [0.05, 0.1) is 0 Å². The Morgan fingerprint density at radius 3 is 2.73 bits per heavy atom. The molecule has 0 aliphatic rings. The predicted octanol–water partition coefficient (Wildman–Crippen LogP) is 4.65. The Hall–Kier alpha value is -3.04. The number of carbonyl (C=O) groups excluding carboxylic acids is 1. The molecule has 10 heteroatoms. The molecule has 0 spiro atoms. The summed E-state index contributed by atoms with van der Waals surface area (Å²) in [6.45, 7) is 4.21. The molecule has 8 nitrogen and oxygen atoms in total. The zero-order valence-electron chi connectivity index (χ0n) is 16.4. The highest BCUT2D eigenvalue weighted by Gasteiger charge is 2.12. The summed E-state index contributed by atoms with van der Waals surface area (Å²) in [5.41, 5.74) is 2.52. The van der Waals surface area contributed by atoms with Crippen LogP contribution in [0.3, 0.4) is 0 Å². The average Bonchev–Trinajstić information content (AvgIpc) is 3.39. The standard InChI is InChI=1S/C20H20ClN7OS/c1-12(2)15-10-16(27-26-15)23-19-25-20(24-17-4-3-9-28(17)19)30-14-7-5-13(6-8-14)22-18(29)11-21/h3-10,12H,11H2,1-2H3,(H,22,29)(H2,23,24,25,26,27). The Morgan fingerprint density at radius 2 is 2.03 bits per heavy atom. The molecule has 0 aliphatic heterocycles. The molecule has 0 atom stereocenters. The molecular formula is C20H20ClN7OS. The third-order valence-electron chi connectivity index (χ3n) is 4.30. The molecule has 0 unspecified atom stereocenters. The van der Waals surface area contributed by atoms with Crippen molar-refractivity contribution in [1.82, 2.24) is 24.6 Å². The Bertz CT molecular complexity index is 1170. The van der Waals surface area contributed by atoms with E-state index in [2.05, 4.69) is 44.6 Å². The molecule has 3 heterocycles. The summed E-state index contributed by atoms with van der Waals surface area (Å²) < 4.78 is 1.87. The van der Waals surface area contributed by atoms with Crippen molar-refractivity contribution >= 4 is 52.4 Å². The van der Waals surface area contributed by atoms with E-state index in [0.29, 0.717) is 28.5 Å². The predicted molar refractivity (Wildman–Crippen MR) is 119 cm³/mol. The monoisotopic (exact) mass is 441 g/mol. The number of aromatic nitrogens is 5. The summed E-state index contributed by atoms with van der Waals surface area (Å²) in [7, 11) is 0. The van der Waals surface area contributed by atoms with Gasteiger partial charge < -0.3 is 10.6 Å². The summed E-state index contributed by atoms with van der Waals surface area (Å²) in [6, 6.07) is 13.3. The van der Waals surface area contributed by atoms with Gasteiger partial charge in [-0.25, -0.2) is 4.98 Å². The fraction of sp³-hybridized carbons (Fsp3) is 0.200. The molecule has 0 fully saturated rings. The molecule has 3 aromatic heterocycles. The number of halogens is 1. The number of H-pyrrole nitrogens is 1. The fourth-order valence-electron chi connectivity index (χ4n) is 2.76. The van der Waals surface area contributed by atoms with E-state index in [-0.39, 0.29) is 11.8 Å². The minimum atomic E-state index is -0.242. The molecule has 0 radical (unpaired) electrons. The van der Waals surface area contributed by atoms with Crippen LogP contribution in [0.4, 0.5) is 17.5 Å². The molecule has 1 amide bonds.